The van der Waals surface area contributed by atoms with Gasteiger partial charge in [-0.05, 0) is 12.1 Å². The van der Waals surface area contributed by atoms with E-state index in [4.69, 9.17) is 9.47 Å². The predicted octanol–water partition coefficient (Wildman–Crippen LogP) is 1.76. The van der Waals surface area contributed by atoms with Gasteiger partial charge in [0.1, 0.15) is 12.4 Å². The van der Waals surface area contributed by atoms with E-state index >= 15 is 0 Å². The molecule has 0 radical (unpaired) electrons. The molecule has 0 saturated carbocycles. The second-order valence-corrected chi connectivity index (χ2v) is 2.69. The molecular weight excluding hydrogens is 170 g/mol. The Balaban J connectivity index is 2.45. The molecule has 68 valence electrons. The number of benzene rings is 1. The van der Waals surface area contributed by atoms with E-state index in [0.717, 1.165) is 17.0 Å². The molecule has 4 heteroatoms. The van der Waals surface area contributed by atoms with E-state index in [2.05, 4.69) is 5.32 Å². The summed E-state index contributed by atoms with van der Waals surface area (Å²) in [5, 5.41) is 2.59. The van der Waals surface area contributed by atoms with Crippen molar-refractivity contribution in [2.75, 3.05) is 12.4 Å². The molecule has 13 heavy (non-hydrogen) atoms. The predicted molar refractivity (Wildman–Crippen MR) is 46.8 cm³/mol. The van der Waals surface area contributed by atoms with Gasteiger partial charge < -0.3 is 9.47 Å². The quantitative estimate of drug-likeness (QED) is 0.714. The Labute approximate surface area is 75.5 Å². The third-order valence-corrected chi connectivity index (χ3v) is 1.94. The fourth-order valence-electron chi connectivity index (χ4n) is 1.31. The number of rotatable bonds is 1. The average molecular weight is 179 g/mol. The molecule has 0 atom stereocenters. The maximum atomic E-state index is 10.9. The smallest absolute Gasteiger partial charge is 0.411 e. The number of carbonyl (C=O) groups is 1. The summed E-state index contributed by atoms with van der Waals surface area (Å²) in [6, 6.07) is 5.47. The Morgan fingerprint density at radius 3 is 3.15 bits per heavy atom. The van der Waals surface area contributed by atoms with Crippen LogP contribution in [-0.4, -0.2) is 13.2 Å². The Morgan fingerprint density at radius 2 is 2.38 bits per heavy atom. The highest BCUT2D eigenvalue weighted by Gasteiger charge is 2.18. The van der Waals surface area contributed by atoms with Crippen LogP contribution in [0.4, 0.5) is 10.5 Å². The van der Waals surface area contributed by atoms with Crippen LogP contribution in [-0.2, 0) is 11.3 Å². The minimum absolute atomic E-state index is 0.269. The lowest BCUT2D eigenvalue weighted by molar-refractivity contribution is 0.150. The summed E-state index contributed by atoms with van der Waals surface area (Å²) >= 11 is 0. The van der Waals surface area contributed by atoms with Gasteiger partial charge >= 0.3 is 6.09 Å². The van der Waals surface area contributed by atoms with Crippen molar-refractivity contribution in [1.82, 2.24) is 0 Å². The molecule has 1 heterocycles. The Morgan fingerprint density at radius 1 is 1.54 bits per heavy atom. The molecule has 2 rings (SSSR count). The highest BCUT2D eigenvalue weighted by molar-refractivity contribution is 5.88. The fraction of sp³-hybridized carbons (Fsp3) is 0.222. The molecule has 0 bridgehead atoms. The van der Waals surface area contributed by atoms with Crippen molar-refractivity contribution in [3.8, 4) is 5.75 Å². The molecule has 4 nitrogen and oxygen atoms in total. The summed E-state index contributed by atoms with van der Waals surface area (Å²) in [4.78, 5) is 10.9. The topological polar surface area (TPSA) is 47.6 Å². The summed E-state index contributed by atoms with van der Waals surface area (Å²) in [5.74, 6) is 0.734. The molecular formula is C9H9NO3. The van der Waals surface area contributed by atoms with E-state index in [0.29, 0.717) is 0 Å². The van der Waals surface area contributed by atoms with Gasteiger partial charge in [-0.25, -0.2) is 4.79 Å². The maximum absolute atomic E-state index is 10.9. The van der Waals surface area contributed by atoms with Crippen LogP contribution in [0.5, 0.6) is 5.75 Å². The number of hydrogen-bond acceptors (Lipinski definition) is 3. The van der Waals surface area contributed by atoms with E-state index in [1.165, 1.54) is 0 Å². The van der Waals surface area contributed by atoms with E-state index in [9.17, 15) is 4.79 Å². The number of anilines is 1. The summed E-state index contributed by atoms with van der Waals surface area (Å²) < 4.78 is 9.93. The van der Waals surface area contributed by atoms with Crippen molar-refractivity contribution in [2.24, 2.45) is 0 Å². The number of carbonyl (C=O) groups excluding carboxylic acids is 1. The van der Waals surface area contributed by atoms with Crippen LogP contribution in [0, 0.1) is 0 Å². The van der Waals surface area contributed by atoms with Gasteiger partial charge in [0, 0.05) is 0 Å². The van der Waals surface area contributed by atoms with Gasteiger partial charge in [0.2, 0.25) is 0 Å². The first kappa shape index (κ1) is 7.91. The number of methoxy groups -OCH3 is 1. The van der Waals surface area contributed by atoms with Crippen LogP contribution in [0.1, 0.15) is 5.56 Å². The molecule has 0 aliphatic carbocycles. The molecule has 0 saturated heterocycles. The second kappa shape index (κ2) is 2.97. The minimum Gasteiger partial charge on any atom is -0.496 e. The Bertz CT molecular complexity index is 349. The molecule has 1 aliphatic rings. The summed E-state index contributed by atoms with van der Waals surface area (Å²) in [7, 11) is 1.59. The first-order chi connectivity index (χ1) is 6.31. The lowest BCUT2D eigenvalue weighted by Gasteiger charge is -2.19. The van der Waals surface area contributed by atoms with Gasteiger partial charge in [-0.15, -0.1) is 0 Å². The Hall–Kier alpha value is -1.71. The van der Waals surface area contributed by atoms with Crippen LogP contribution in [0.3, 0.4) is 0 Å². The molecule has 0 fully saturated rings. The van der Waals surface area contributed by atoms with Gasteiger partial charge in [-0.2, -0.15) is 0 Å². The minimum atomic E-state index is -0.416. The molecule has 0 spiro atoms. The van der Waals surface area contributed by atoms with Crippen molar-refractivity contribution in [3.05, 3.63) is 23.8 Å². The second-order valence-electron chi connectivity index (χ2n) is 2.69. The lowest BCUT2D eigenvalue weighted by atomic mass is 10.1. The summed E-state index contributed by atoms with van der Waals surface area (Å²) in [6.07, 6.45) is -0.416. The monoisotopic (exact) mass is 179 g/mol. The third kappa shape index (κ3) is 1.30. The maximum Gasteiger partial charge on any atom is 0.411 e. The molecule has 1 N–H and O–H groups in total. The first-order valence-electron chi connectivity index (χ1n) is 3.91. The van der Waals surface area contributed by atoms with Crippen molar-refractivity contribution in [2.45, 2.75) is 6.61 Å². The molecule has 1 aliphatic heterocycles. The summed E-state index contributed by atoms with van der Waals surface area (Å²) in [5.41, 5.74) is 1.64. The van der Waals surface area contributed by atoms with Crippen molar-refractivity contribution >= 4 is 11.8 Å². The highest BCUT2D eigenvalue weighted by atomic mass is 16.6. The van der Waals surface area contributed by atoms with E-state index < -0.39 is 6.09 Å². The van der Waals surface area contributed by atoms with Gasteiger partial charge in [0.15, 0.2) is 0 Å². The number of fused-ring (bicyclic) bond motifs is 1. The SMILES string of the molecule is COc1cccc2c1COC(=O)N2. The van der Waals surface area contributed by atoms with Gasteiger partial charge in [-0.3, -0.25) is 5.32 Å². The number of hydrogen-bond donors (Lipinski definition) is 1. The number of nitrogens with one attached hydrogen (secondary N) is 1. The molecule has 1 amide bonds. The fourth-order valence-corrected chi connectivity index (χ4v) is 1.31. The lowest BCUT2D eigenvalue weighted by Crippen LogP contribution is -2.20. The molecule has 0 aromatic heterocycles. The van der Waals surface area contributed by atoms with E-state index in [-0.39, 0.29) is 6.61 Å². The molecule has 1 aromatic rings. The van der Waals surface area contributed by atoms with Crippen molar-refractivity contribution < 1.29 is 14.3 Å². The first-order valence-corrected chi connectivity index (χ1v) is 3.91. The van der Waals surface area contributed by atoms with Crippen molar-refractivity contribution in [1.29, 1.82) is 0 Å². The molecule has 0 unspecified atom stereocenters. The zero-order chi connectivity index (χ0) is 9.26. The average Bonchev–Trinajstić information content (AvgIpc) is 2.16. The van der Waals surface area contributed by atoms with Gasteiger partial charge in [0.05, 0.1) is 18.4 Å². The number of amides is 1. The molecule has 1 aromatic carbocycles. The highest BCUT2D eigenvalue weighted by Crippen LogP contribution is 2.29. The van der Waals surface area contributed by atoms with Gasteiger partial charge in [-0.1, -0.05) is 6.07 Å². The Kier molecular flexibility index (Phi) is 1.81. The number of cyclic esters (lactones) is 1. The zero-order valence-electron chi connectivity index (χ0n) is 7.16. The summed E-state index contributed by atoms with van der Waals surface area (Å²) in [6.45, 7) is 0.269. The third-order valence-electron chi connectivity index (χ3n) is 1.94. The zero-order valence-corrected chi connectivity index (χ0v) is 7.16. The van der Waals surface area contributed by atoms with Crippen LogP contribution < -0.4 is 10.1 Å². The van der Waals surface area contributed by atoms with Crippen LogP contribution >= 0.6 is 0 Å². The van der Waals surface area contributed by atoms with Crippen LogP contribution in [0.25, 0.3) is 0 Å². The standard InChI is InChI=1S/C9H9NO3/c1-12-8-4-2-3-7-6(8)5-13-9(11)10-7/h2-4H,5H2,1H3,(H,10,11). The normalized spacial score (nSPS) is 14.1. The number of ether oxygens (including phenoxy) is 2. The van der Waals surface area contributed by atoms with Crippen molar-refractivity contribution in [3.63, 3.8) is 0 Å². The van der Waals surface area contributed by atoms with Crippen LogP contribution in [0.2, 0.25) is 0 Å². The van der Waals surface area contributed by atoms with E-state index in [1.54, 1.807) is 7.11 Å². The van der Waals surface area contributed by atoms with Crippen LogP contribution in [0.15, 0.2) is 18.2 Å². The largest absolute Gasteiger partial charge is 0.496 e. The van der Waals surface area contributed by atoms with Gasteiger partial charge in [0.25, 0.3) is 0 Å². The van der Waals surface area contributed by atoms with E-state index in [1.807, 2.05) is 18.2 Å².